The van der Waals surface area contributed by atoms with E-state index in [9.17, 15) is 4.79 Å². The molecule has 2 aromatic heterocycles. The summed E-state index contributed by atoms with van der Waals surface area (Å²) in [6, 6.07) is 5.30. The van der Waals surface area contributed by atoms with Gasteiger partial charge in [0.1, 0.15) is 5.69 Å². The van der Waals surface area contributed by atoms with Crippen LogP contribution in [-0.4, -0.2) is 38.0 Å². The lowest BCUT2D eigenvalue weighted by molar-refractivity contribution is 0.0508. The number of carbonyl (C=O) groups is 1. The van der Waals surface area contributed by atoms with Crippen molar-refractivity contribution in [3.63, 3.8) is 0 Å². The minimum Gasteiger partial charge on any atom is -0.460 e. The maximum Gasteiger partial charge on any atom is 0.380 e. The molecule has 86 valence electrons. The van der Waals surface area contributed by atoms with Crippen LogP contribution in [0.3, 0.4) is 0 Å². The van der Waals surface area contributed by atoms with Crippen molar-refractivity contribution in [2.75, 3.05) is 6.61 Å². The molecule has 0 saturated carbocycles. The second-order valence-electron chi connectivity index (χ2n) is 2.98. The Morgan fingerprint density at radius 2 is 2.00 bits per heavy atom. The van der Waals surface area contributed by atoms with Gasteiger partial charge in [0, 0.05) is 6.20 Å². The monoisotopic (exact) mass is 231 g/mol. The number of hydrogen-bond donors (Lipinski definition) is 0. The maximum atomic E-state index is 11.2. The van der Waals surface area contributed by atoms with Gasteiger partial charge in [0.25, 0.3) is 5.82 Å². The Balaban J connectivity index is 2.22. The number of carbonyl (C=O) groups excluding carboxylic acids is 1. The predicted molar refractivity (Wildman–Crippen MR) is 56.8 cm³/mol. The summed E-state index contributed by atoms with van der Waals surface area (Å²) in [5.74, 6) is -0.537. The van der Waals surface area contributed by atoms with Gasteiger partial charge in [0.2, 0.25) is 5.82 Å². The van der Waals surface area contributed by atoms with Gasteiger partial charge in [-0.15, -0.1) is 20.4 Å². The minimum absolute atomic E-state index is 0.161. The van der Waals surface area contributed by atoms with Crippen molar-refractivity contribution in [1.29, 1.82) is 0 Å². The average Bonchev–Trinajstić information content (AvgIpc) is 2.40. The van der Waals surface area contributed by atoms with Crippen LogP contribution < -0.4 is 0 Å². The zero-order valence-corrected chi connectivity index (χ0v) is 9.07. The maximum absolute atomic E-state index is 11.2. The third-order valence-corrected chi connectivity index (χ3v) is 1.83. The fourth-order valence-electron chi connectivity index (χ4n) is 1.10. The number of hydrogen-bond acceptors (Lipinski definition) is 7. The highest BCUT2D eigenvalue weighted by atomic mass is 16.5. The molecule has 0 radical (unpaired) electrons. The lowest BCUT2D eigenvalue weighted by Crippen LogP contribution is -2.12. The van der Waals surface area contributed by atoms with Crippen LogP contribution in [0.1, 0.15) is 17.5 Å². The van der Waals surface area contributed by atoms with Gasteiger partial charge < -0.3 is 4.74 Å². The van der Waals surface area contributed by atoms with E-state index in [1.54, 1.807) is 31.3 Å². The summed E-state index contributed by atoms with van der Waals surface area (Å²) in [5.41, 5.74) is 0.544. The molecule has 2 rings (SSSR count). The van der Waals surface area contributed by atoms with Gasteiger partial charge in [0.05, 0.1) is 6.61 Å². The summed E-state index contributed by atoms with van der Waals surface area (Å²) in [4.78, 5) is 15.3. The number of ether oxygens (including phenoxy) is 1. The van der Waals surface area contributed by atoms with Crippen molar-refractivity contribution in [2.45, 2.75) is 6.92 Å². The summed E-state index contributed by atoms with van der Waals surface area (Å²) in [6.45, 7) is 1.95. The molecule has 7 heteroatoms. The molecule has 2 aromatic rings. The van der Waals surface area contributed by atoms with Gasteiger partial charge in [-0.3, -0.25) is 4.98 Å². The summed E-state index contributed by atoms with van der Waals surface area (Å²) in [7, 11) is 0. The molecule has 0 spiro atoms. The second kappa shape index (κ2) is 5.06. The Hall–Kier alpha value is -2.44. The summed E-state index contributed by atoms with van der Waals surface area (Å²) in [6.07, 6.45) is 1.61. The van der Waals surface area contributed by atoms with Crippen molar-refractivity contribution in [3.8, 4) is 11.5 Å². The minimum atomic E-state index is -0.639. The van der Waals surface area contributed by atoms with Gasteiger partial charge in [-0.1, -0.05) is 6.07 Å². The van der Waals surface area contributed by atoms with Gasteiger partial charge in [-0.05, 0) is 19.1 Å². The topological polar surface area (TPSA) is 90.8 Å². The van der Waals surface area contributed by atoms with Crippen molar-refractivity contribution < 1.29 is 9.53 Å². The van der Waals surface area contributed by atoms with Crippen LogP contribution in [0.25, 0.3) is 11.5 Å². The second-order valence-corrected chi connectivity index (χ2v) is 2.98. The van der Waals surface area contributed by atoms with E-state index >= 15 is 0 Å². The van der Waals surface area contributed by atoms with E-state index in [-0.39, 0.29) is 18.3 Å². The highest BCUT2D eigenvalue weighted by molar-refractivity contribution is 5.84. The Morgan fingerprint density at radius 1 is 1.24 bits per heavy atom. The van der Waals surface area contributed by atoms with Crippen LogP contribution in [0.4, 0.5) is 0 Å². The van der Waals surface area contributed by atoms with E-state index < -0.39 is 5.97 Å². The number of esters is 1. The summed E-state index contributed by atoms with van der Waals surface area (Å²) >= 11 is 0. The normalized spacial score (nSPS) is 9.94. The molecule has 0 bridgehead atoms. The molecule has 7 nitrogen and oxygen atoms in total. The number of nitrogens with zero attached hydrogens (tertiary/aromatic N) is 5. The lowest BCUT2D eigenvalue weighted by Gasteiger charge is -1.99. The molecule has 0 saturated heterocycles. The largest absolute Gasteiger partial charge is 0.460 e. The summed E-state index contributed by atoms with van der Waals surface area (Å²) < 4.78 is 4.71. The molecule has 2 heterocycles. The SMILES string of the molecule is CCOC(=O)c1nnc(-c2ccccn2)nn1. The van der Waals surface area contributed by atoms with E-state index in [4.69, 9.17) is 4.74 Å². The number of rotatable bonds is 3. The highest BCUT2D eigenvalue weighted by Crippen LogP contribution is 2.07. The van der Waals surface area contributed by atoms with E-state index in [0.717, 1.165) is 0 Å². The highest BCUT2D eigenvalue weighted by Gasteiger charge is 2.12. The van der Waals surface area contributed by atoms with E-state index in [2.05, 4.69) is 25.4 Å². The van der Waals surface area contributed by atoms with Crippen LogP contribution >= 0.6 is 0 Å². The molecular weight excluding hydrogens is 222 g/mol. The molecule has 0 aliphatic heterocycles. The van der Waals surface area contributed by atoms with Crippen molar-refractivity contribution in [3.05, 3.63) is 30.2 Å². The molecular formula is C10H9N5O2. The third kappa shape index (κ3) is 2.57. The zero-order valence-electron chi connectivity index (χ0n) is 9.07. The van der Waals surface area contributed by atoms with Gasteiger partial charge in [0.15, 0.2) is 0 Å². The van der Waals surface area contributed by atoms with E-state index in [0.29, 0.717) is 5.69 Å². The molecule has 0 atom stereocenters. The first-order valence-electron chi connectivity index (χ1n) is 4.97. The average molecular weight is 231 g/mol. The van der Waals surface area contributed by atoms with Gasteiger partial charge in [-0.25, -0.2) is 4.79 Å². The van der Waals surface area contributed by atoms with E-state index in [1.807, 2.05) is 0 Å². The number of aromatic nitrogens is 5. The van der Waals surface area contributed by atoms with Crippen molar-refractivity contribution in [1.82, 2.24) is 25.4 Å². The Kier molecular flexibility index (Phi) is 3.29. The Bertz CT molecular complexity index is 500. The molecule has 17 heavy (non-hydrogen) atoms. The van der Waals surface area contributed by atoms with Gasteiger partial charge in [-0.2, -0.15) is 0 Å². The Labute approximate surface area is 96.9 Å². The summed E-state index contributed by atoms with van der Waals surface area (Å²) in [5, 5.41) is 14.8. The van der Waals surface area contributed by atoms with Gasteiger partial charge >= 0.3 is 5.97 Å². The fraction of sp³-hybridized carbons (Fsp3) is 0.200. The molecule has 0 aliphatic rings. The first-order chi connectivity index (χ1) is 8.31. The third-order valence-electron chi connectivity index (χ3n) is 1.83. The predicted octanol–water partition coefficient (Wildman–Crippen LogP) is 0.505. The smallest absolute Gasteiger partial charge is 0.380 e. The Morgan fingerprint density at radius 3 is 2.59 bits per heavy atom. The fourth-order valence-corrected chi connectivity index (χ4v) is 1.10. The standard InChI is InChI=1S/C10H9N5O2/c1-2-17-10(16)9-14-12-8(13-15-9)7-5-3-4-6-11-7/h3-6H,2H2,1H3. The molecule has 0 aliphatic carbocycles. The lowest BCUT2D eigenvalue weighted by atomic mass is 10.3. The molecule has 0 fully saturated rings. The molecule has 0 aromatic carbocycles. The number of pyridine rings is 1. The molecule has 0 N–H and O–H groups in total. The van der Waals surface area contributed by atoms with Crippen LogP contribution in [-0.2, 0) is 4.74 Å². The molecule has 0 amide bonds. The van der Waals surface area contributed by atoms with Crippen LogP contribution in [0.2, 0.25) is 0 Å². The quantitative estimate of drug-likeness (QED) is 0.710. The first-order valence-corrected chi connectivity index (χ1v) is 4.97. The van der Waals surface area contributed by atoms with Crippen molar-refractivity contribution in [2.24, 2.45) is 0 Å². The molecule has 0 unspecified atom stereocenters. The van der Waals surface area contributed by atoms with Crippen LogP contribution in [0, 0.1) is 0 Å². The van der Waals surface area contributed by atoms with E-state index in [1.165, 1.54) is 0 Å². The van der Waals surface area contributed by atoms with Crippen LogP contribution in [0.5, 0.6) is 0 Å². The first kappa shape index (κ1) is 11.1. The van der Waals surface area contributed by atoms with Crippen molar-refractivity contribution >= 4 is 5.97 Å². The zero-order chi connectivity index (χ0) is 12.1. The van der Waals surface area contributed by atoms with Crippen LogP contribution in [0.15, 0.2) is 24.4 Å².